The zero-order valence-corrected chi connectivity index (χ0v) is 17.0. The number of ether oxygens (including phenoxy) is 1. The van der Waals surface area contributed by atoms with Crippen LogP contribution in [0.1, 0.15) is 17.3 Å². The molecule has 1 unspecified atom stereocenters. The molecule has 7 heteroatoms. The van der Waals surface area contributed by atoms with Crippen molar-refractivity contribution >= 4 is 35.1 Å². The molecular formula is C19H22ClN3OS2. The minimum atomic E-state index is 0. The molecule has 1 aliphatic heterocycles. The molecule has 3 heterocycles. The predicted octanol–water partition coefficient (Wildman–Crippen LogP) is 4.45. The molecule has 0 bridgehead atoms. The van der Waals surface area contributed by atoms with Gasteiger partial charge in [0, 0.05) is 48.1 Å². The lowest BCUT2D eigenvalue weighted by molar-refractivity contribution is 0.149. The van der Waals surface area contributed by atoms with Crippen molar-refractivity contribution in [3.8, 4) is 16.3 Å². The number of methoxy groups -OCH3 is 1. The van der Waals surface area contributed by atoms with Gasteiger partial charge in [-0.1, -0.05) is 18.2 Å². The molecule has 4 nitrogen and oxygen atoms in total. The van der Waals surface area contributed by atoms with E-state index >= 15 is 0 Å². The second kappa shape index (κ2) is 8.97. The molecule has 4 rings (SSSR count). The summed E-state index contributed by atoms with van der Waals surface area (Å²) in [5.41, 5.74) is 3.61. The zero-order chi connectivity index (χ0) is 17.1. The Balaban J connectivity index is 0.00000196. The Labute approximate surface area is 168 Å². The van der Waals surface area contributed by atoms with E-state index in [2.05, 4.69) is 44.6 Å². The van der Waals surface area contributed by atoms with Crippen LogP contribution in [0.2, 0.25) is 0 Å². The highest BCUT2D eigenvalue weighted by Gasteiger charge is 2.26. The van der Waals surface area contributed by atoms with Crippen LogP contribution in [0.25, 0.3) is 10.6 Å². The highest BCUT2D eigenvalue weighted by atomic mass is 35.5. The molecule has 2 aromatic heterocycles. The van der Waals surface area contributed by atoms with E-state index in [4.69, 9.17) is 9.72 Å². The fourth-order valence-electron chi connectivity index (χ4n) is 3.29. The van der Waals surface area contributed by atoms with E-state index in [0.29, 0.717) is 6.04 Å². The molecule has 1 N–H and O–H groups in total. The van der Waals surface area contributed by atoms with Crippen molar-refractivity contribution in [1.29, 1.82) is 0 Å². The van der Waals surface area contributed by atoms with Crippen LogP contribution in [0.3, 0.4) is 0 Å². The largest absolute Gasteiger partial charge is 0.496 e. The van der Waals surface area contributed by atoms with Crippen LogP contribution in [-0.2, 0) is 6.54 Å². The first-order chi connectivity index (χ1) is 12.3. The Morgan fingerprint density at radius 1 is 1.27 bits per heavy atom. The van der Waals surface area contributed by atoms with E-state index in [-0.39, 0.29) is 12.4 Å². The van der Waals surface area contributed by atoms with Crippen LogP contribution in [0, 0.1) is 0 Å². The summed E-state index contributed by atoms with van der Waals surface area (Å²) < 4.78 is 5.58. The lowest BCUT2D eigenvalue weighted by Gasteiger charge is -2.36. The fourth-order valence-corrected chi connectivity index (χ4v) is 4.81. The van der Waals surface area contributed by atoms with Gasteiger partial charge in [-0.3, -0.25) is 4.90 Å². The lowest BCUT2D eigenvalue weighted by Crippen LogP contribution is -2.45. The third kappa shape index (κ3) is 4.10. The number of piperazine rings is 1. The van der Waals surface area contributed by atoms with Gasteiger partial charge in [0.15, 0.2) is 0 Å². The Bertz CT molecular complexity index is 822. The van der Waals surface area contributed by atoms with E-state index in [9.17, 15) is 0 Å². The zero-order valence-electron chi connectivity index (χ0n) is 14.6. The number of benzene rings is 1. The standard InChI is InChI=1S/C19H21N3OS2.ClH/c1-23-18-5-3-2-4-16(18)17-10-20-7-8-22(17)11-15-13-25-19(21-15)14-6-9-24-12-14;/h2-6,9,12-13,17,20H,7-8,10-11H2,1H3;1H. The van der Waals surface area contributed by atoms with E-state index in [1.807, 2.05) is 12.1 Å². The number of nitrogens with one attached hydrogen (secondary N) is 1. The van der Waals surface area contributed by atoms with Gasteiger partial charge in [0.25, 0.3) is 0 Å². The molecule has 0 radical (unpaired) electrons. The highest BCUT2D eigenvalue weighted by Crippen LogP contribution is 2.32. The molecule has 1 saturated heterocycles. The van der Waals surface area contributed by atoms with Gasteiger partial charge in [-0.2, -0.15) is 11.3 Å². The van der Waals surface area contributed by atoms with Gasteiger partial charge in [0.1, 0.15) is 10.8 Å². The molecule has 3 aromatic rings. The molecular weight excluding hydrogens is 386 g/mol. The molecule has 0 amide bonds. The summed E-state index contributed by atoms with van der Waals surface area (Å²) in [5, 5.41) is 11.1. The molecule has 26 heavy (non-hydrogen) atoms. The number of rotatable bonds is 5. The van der Waals surface area contributed by atoms with Crippen molar-refractivity contribution in [3.05, 3.63) is 57.7 Å². The van der Waals surface area contributed by atoms with Crippen molar-refractivity contribution in [2.24, 2.45) is 0 Å². The third-order valence-corrected chi connectivity index (χ3v) is 6.16. The van der Waals surface area contributed by atoms with Crippen molar-refractivity contribution in [3.63, 3.8) is 0 Å². The minimum absolute atomic E-state index is 0. The number of halogens is 1. The average molecular weight is 408 g/mol. The Morgan fingerprint density at radius 3 is 2.96 bits per heavy atom. The molecule has 0 spiro atoms. The first-order valence-corrected chi connectivity index (χ1v) is 10.2. The summed E-state index contributed by atoms with van der Waals surface area (Å²) in [6, 6.07) is 10.8. The van der Waals surface area contributed by atoms with Gasteiger partial charge in [-0.25, -0.2) is 4.98 Å². The number of hydrogen-bond acceptors (Lipinski definition) is 6. The summed E-state index contributed by atoms with van der Waals surface area (Å²) in [4.78, 5) is 7.35. The number of nitrogens with zero attached hydrogens (tertiary/aromatic N) is 2. The maximum absolute atomic E-state index is 5.58. The fraction of sp³-hybridized carbons (Fsp3) is 0.316. The van der Waals surface area contributed by atoms with E-state index in [1.165, 1.54) is 11.1 Å². The van der Waals surface area contributed by atoms with E-state index in [0.717, 1.165) is 42.6 Å². The SMILES string of the molecule is COc1ccccc1C1CNCCN1Cc1csc(-c2ccsc2)n1.Cl. The lowest BCUT2D eigenvalue weighted by atomic mass is 10.0. The summed E-state index contributed by atoms with van der Waals surface area (Å²) in [6.45, 7) is 3.81. The molecule has 138 valence electrons. The molecule has 1 aliphatic rings. The van der Waals surface area contributed by atoms with Gasteiger partial charge in [-0.15, -0.1) is 23.7 Å². The monoisotopic (exact) mass is 407 g/mol. The molecule has 1 aromatic carbocycles. The number of thiazole rings is 1. The summed E-state index contributed by atoms with van der Waals surface area (Å²) in [6.07, 6.45) is 0. The van der Waals surface area contributed by atoms with Gasteiger partial charge >= 0.3 is 0 Å². The topological polar surface area (TPSA) is 37.4 Å². The predicted molar refractivity (Wildman–Crippen MR) is 112 cm³/mol. The van der Waals surface area contributed by atoms with Crippen molar-refractivity contribution in [2.75, 3.05) is 26.7 Å². The maximum atomic E-state index is 5.58. The van der Waals surface area contributed by atoms with Gasteiger partial charge in [0.05, 0.1) is 18.8 Å². The van der Waals surface area contributed by atoms with E-state index in [1.54, 1.807) is 29.8 Å². The molecule has 1 fully saturated rings. The Hall–Kier alpha value is -1.44. The van der Waals surface area contributed by atoms with Crippen LogP contribution >= 0.6 is 35.1 Å². The maximum Gasteiger partial charge on any atom is 0.124 e. The van der Waals surface area contributed by atoms with Crippen molar-refractivity contribution in [1.82, 2.24) is 15.2 Å². The molecule has 0 saturated carbocycles. The molecule has 0 aliphatic carbocycles. The van der Waals surface area contributed by atoms with Crippen LogP contribution in [0.15, 0.2) is 46.5 Å². The smallest absolute Gasteiger partial charge is 0.124 e. The summed E-state index contributed by atoms with van der Waals surface area (Å²) in [7, 11) is 1.74. The second-order valence-electron chi connectivity index (χ2n) is 6.09. The number of hydrogen-bond donors (Lipinski definition) is 1. The number of aromatic nitrogens is 1. The van der Waals surface area contributed by atoms with Crippen LogP contribution in [-0.4, -0.2) is 36.6 Å². The second-order valence-corrected chi connectivity index (χ2v) is 7.73. The normalized spacial score (nSPS) is 17.7. The van der Waals surface area contributed by atoms with E-state index < -0.39 is 0 Å². The van der Waals surface area contributed by atoms with Crippen LogP contribution < -0.4 is 10.1 Å². The number of thiophene rings is 1. The third-order valence-electron chi connectivity index (χ3n) is 4.54. The van der Waals surface area contributed by atoms with Crippen molar-refractivity contribution < 1.29 is 4.74 Å². The first kappa shape index (κ1) is 19.3. The van der Waals surface area contributed by atoms with Gasteiger partial charge in [0.2, 0.25) is 0 Å². The minimum Gasteiger partial charge on any atom is -0.496 e. The average Bonchev–Trinajstić information content (AvgIpc) is 3.34. The van der Waals surface area contributed by atoms with Gasteiger partial charge < -0.3 is 10.1 Å². The summed E-state index contributed by atoms with van der Waals surface area (Å²) in [5.74, 6) is 0.957. The molecule has 1 atom stereocenters. The van der Waals surface area contributed by atoms with Gasteiger partial charge in [-0.05, 0) is 17.5 Å². The Morgan fingerprint density at radius 2 is 2.15 bits per heavy atom. The van der Waals surface area contributed by atoms with Crippen LogP contribution in [0.4, 0.5) is 0 Å². The first-order valence-electron chi connectivity index (χ1n) is 8.40. The highest BCUT2D eigenvalue weighted by molar-refractivity contribution is 7.14. The number of para-hydroxylation sites is 1. The van der Waals surface area contributed by atoms with Crippen LogP contribution in [0.5, 0.6) is 5.75 Å². The Kier molecular flexibility index (Phi) is 6.67. The summed E-state index contributed by atoms with van der Waals surface area (Å²) >= 11 is 3.44. The quantitative estimate of drug-likeness (QED) is 0.678. The van der Waals surface area contributed by atoms with Crippen molar-refractivity contribution in [2.45, 2.75) is 12.6 Å².